The predicted molar refractivity (Wildman–Crippen MR) is 88.8 cm³/mol. The molecule has 0 aliphatic carbocycles. The minimum atomic E-state index is -1.21. The van der Waals surface area contributed by atoms with Gasteiger partial charge < -0.3 is 9.66 Å². The zero-order valence-corrected chi connectivity index (χ0v) is 15.1. The highest BCUT2D eigenvalue weighted by Crippen LogP contribution is 2.31. The maximum atomic E-state index is 12.4. The summed E-state index contributed by atoms with van der Waals surface area (Å²) in [6.45, 7) is 9.52. The second-order valence-corrected chi connectivity index (χ2v) is 9.26. The second-order valence-electron chi connectivity index (χ2n) is 6.38. The number of rotatable bonds is 5. The zero-order chi connectivity index (χ0) is 15.6. The highest BCUT2D eigenvalue weighted by molar-refractivity contribution is 9.10. The summed E-state index contributed by atoms with van der Waals surface area (Å²) in [7, 11) is 0. The standard InChI is InChI=1S/C15H24BrNO2S/c1-11(18)10-15(5,17-20(19)14(2,3)4)12-7-6-8-13(16)9-12/h6-9,11,17-18H,10H2,1-5H3/t11?,15-,20+/m0/s1. The molecule has 20 heavy (non-hydrogen) atoms. The number of halogens is 1. The number of nitrogens with one attached hydrogen (secondary N) is 1. The molecule has 0 amide bonds. The van der Waals surface area contributed by atoms with Gasteiger partial charge in [0.05, 0.1) is 11.6 Å². The molecule has 5 heteroatoms. The first-order valence-corrected chi connectivity index (χ1v) is 8.63. The molecule has 0 fully saturated rings. The Hall–Kier alpha value is -0.0700. The van der Waals surface area contributed by atoms with E-state index in [1.807, 2.05) is 52.0 Å². The van der Waals surface area contributed by atoms with Crippen molar-refractivity contribution in [2.75, 3.05) is 0 Å². The maximum Gasteiger partial charge on any atom is 0.136 e. The summed E-state index contributed by atoms with van der Waals surface area (Å²) in [4.78, 5) is 0. The van der Waals surface area contributed by atoms with Gasteiger partial charge in [0.2, 0.25) is 0 Å². The highest BCUT2D eigenvalue weighted by atomic mass is 79.9. The van der Waals surface area contributed by atoms with Gasteiger partial charge in [0, 0.05) is 15.8 Å². The molecule has 1 aromatic rings. The van der Waals surface area contributed by atoms with Gasteiger partial charge in [-0.2, -0.15) is 0 Å². The Labute approximate surface area is 133 Å². The average Bonchev–Trinajstić information content (AvgIpc) is 2.26. The molecule has 0 spiro atoms. The molecule has 0 aromatic heterocycles. The molecule has 0 radical (unpaired) electrons. The molecule has 0 aliphatic heterocycles. The number of hydrogen-bond acceptors (Lipinski definition) is 3. The molecule has 3 atom stereocenters. The number of aliphatic hydroxyl groups excluding tert-OH is 1. The van der Waals surface area contributed by atoms with Gasteiger partial charge in [0.15, 0.2) is 0 Å². The zero-order valence-electron chi connectivity index (χ0n) is 12.7. The van der Waals surface area contributed by atoms with Gasteiger partial charge in [-0.25, -0.2) is 0 Å². The minimum Gasteiger partial charge on any atom is -0.598 e. The van der Waals surface area contributed by atoms with Crippen LogP contribution in [0.15, 0.2) is 28.7 Å². The lowest BCUT2D eigenvalue weighted by molar-refractivity contribution is 0.147. The monoisotopic (exact) mass is 361 g/mol. The molecule has 0 aliphatic rings. The highest BCUT2D eigenvalue weighted by Gasteiger charge is 2.37. The largest absolute Gasteiger partial charge is 0.598 e. The quantitative estimate of drug-likeness (QED) is 0.789. The molecular formula is C15H24BrNO2S. The minimum absolute atomic E-state index is 0.355. The van der Waals surface area contributed by atoms with Crippen LogP contribution in [0, 0.1) is 0 Å². The van der Waals surface area contributed by atoms with Crippen LogP contribution in [0.2, 0.25) is 0 Å². The Morgan fingerprint density at radius 1 is 1.35 bits per heavy atom. The fourth-order valence-corrected chi connectivity index (χ4v) is 3.31. The Balaban J connectivity index is 3.09. The Bertz CT molecular complexity index is 448. The van der Waals surface area contributed by atoms with Crippen molar-refractivity contribution in [3.05, 3.63) is 34.3 Å². The molecule has 1 unspecified atom stereocenters. The van der Waals surface area contributed by atoms with E-state index in [0.717, 1.165) is 10.0 Å². The molecule has 1 rings (SSSR count). The van der Waals surface area contributed by atoms with Crippen LogP contribution >= 0.6 is 15.9 Å². The van der Waals surface area contributed by atoms with Crippen molar-refractivity contribution in [2.45, 2.75) is 57.4 Å². The normalized spacial score (nSPS) is 18.4. The topological polar surface area (TPSA) is 55.3 Å². The average molecular weight is 362 g/mol. The molecule has 1 aromatic carbocycles. The van der Waals surface area contributed by atoms with Crippen molar-refractivity contribution >= 4 is 27.3 Å². The first kappa shape index (κ1) is 18.0. The van der Waals surface area contributed by atoms with Gasteiger partial charge in [0.1, 0.15) is 4.75 Å². The Morgan fingerprint density at radius 3 is 2.40 bits per heavy atom. The number of benzene rings is 1. The lowest BCUT2D eigenvalue weighted by Crippen LogP contribution is -2.51. The summed E-state index contributed by atoms with van der Waals surface area (Å²) >= 11 is 2.25. The lowest BCUT2D eigenvalue weighted by Gasteiger charge is -2.36. The van der Waals surface area contributed by atoms with Gasteiger partial charge in [-0.1, -0.05) is 28.1 Å². The first-order valence-electron chi connectivity index (χ1n) is 6.68. The molecule has 2 N–H and O–H groups in total. The van der Waals surface area contributed by atoms with E-state index in [1.54, 1.807) is 6.92 Å². The van der Waals surface area contributed by atoms with Crippen LogP contribution in [0.3, 0.4) is 0 Å². The van der Waals surface area contributed by atoms with Gasteiger partial charge in [0.25, 0.3) is 0 Å². The molecule has 0 saturated carbocycles. The summed E-state index contributed by atoms with van der Waals surface area (Å²) < 4.78 is 16.2. The number of hydrogen-bond donors (Lipinski definition) is 2. The summed E-state index contributed by atoms with van der Waals surface area (Å²) in [5.74, 6) is 0. The van der Waals surface area contributed by atoms with Crippen molar-refractivity contribution in [1.29, 1.82) is 0 Å². The van der Waals surface area contributed by atoms with Crippen LogP contribution in [0.5, 0.6) is 0 Å². The molecule has 0 saturated heterocycles. The smallest absolute Gasteiger partial charge is 0.136 e. The van der Waals surface area contributed by atoms with Crippen molar-refractivity contribution < 1.29 is 9.66 Å². The van der Waals surface area contributed by atoms with E-state index in [4.69, 9.17) is 0 Å². The van der Waals surface area contributed by atoms with E-state index in [0.29, 0.717) is 6.42 Å². The van der Waals surface area contributed by atoms with E-state index in [1.165, 1.54) is 0 Å². The van der Waals surface area contributed by atoms with Gasteiger partial charge in [-0.3, -0.25) is 0 Å². The maximum absolute atomic E-state index is 12.4. The predicted octanol–water partition coefficient (Wildman–Crippen LogP) is 3.49. The van der Waals surface area contributed by atoms with Gasteiger partial charge in [-0.05, 0) is 58.7 Å². The van der Waals surface area contributed by atoms with Crippen molar-refractivity contribution in [1.82, 2.24) is 4.72 Å². The van der Waals surface area contributed by atoms with E-state index >= 15 is 0 Å². The molecule has 0 bridgehead atoms. The molecular weight excluding hydrogens is 338 g/mol. The van der Waals surface area contributed by atoms with Gasteiger partial charge >= 0.3 is 0 Å². The number of aliphatic hydroxyl groups is 1. The third-order valence-corrected chi connectivity index (χ3v) is 5.28. The summed E-state index contributed by atoms with van der Waals surface area (Å²) in [5, 5.41) is 9.78. The lowest BCUT2D eigenvalue weighted by atomic mass is 9.88. The Morgan fingerprint density at radius 2 is 1.95 bits per heavy atom. The fraction of sp³-hybridized carbons (Fsp3) is 0.600. The third-order valence-electron chi connectivity index (χ3n) is 3.04. The van der Waals surface area contributed by atoms with Crippen LogP contribution in [0.4, 0.5) is 0 Å². The van der Waals surface area contributed by atoms with Crippen LogP contribution in [-0.4, -0.2) is 20.5 Å². The molecule has 114 valence electrons. The Kier molecular flexibility index (Phi) is 6.11. The van der Waals surface area contributed by atoms with E-state index < -0.39 is 23.0 Å². The molecule has 0 heterocycles. The van der Waals surface area contributed by atoms with E-state index in [-0.39, 0.29) is 4.75 Å². The van der Waals surface area contributed by atoms with Crippen molar-refractivity contribution in [3.8, 4) is 0 Å². The molecule has 3 nitrogen and oxygen atoms in total. The summed E-state index contributed by atoms with van der Waals surface area (Å²) in [6.07, 6.45) is 0.00843. The van der Waals surface area contributed by atoms with Crippen LogP contribution in [-0.2, 0) is 16.9 Å². The SMILES string of the molecule is CC(O)C[C@](C)(N[S@+]([O-])C(C)(C)C)c1cccc(Br)c1. The summed E-state index contributed by atoms with van der Waals surface area (Å²) in [5.41, 5.74) is 0.459. The fourth-order valence-electron chi connectivity index (χ4n) is 2.00. The summed E-state index contributed by atoms with van der Waals surface area (Å²) in [6, 6.07) is 7.88. The van der Waals surface area contributed by atoms with Gasteiger partial charge in [-0.15, -0.1) is 4.72 Å². The van der Waals surface area contributed by atoms with Crippen LogP contribution in [0.1, 0.15) is 46.6 Å². The van der Waals surface area contributed by atoms with E-state index in [2.05, 4.69) is 20.7 Å². The first-order chi connectivity index (χ1) is 9.04. The van der Waals surface area contributed by atoms with E-state index in [9.17, 15) is 9.66 Å². The van der Waals surface area contributed by atoms with Crippen LogP contribution in [0.25, 0.3) is 0 Å². The van der Waals surface area contributed by atoms with Crippen molar-refractivity contribution in [2.24, 2.45) is 0 Å². The van der Waals surface area contributed by atoms with Crippen molar-refractivity contribution in [3.63, 3.8) is 0 Å². The second kappa shape index (κ2) is 6.79. The van der Waals surface area contributed by atoms with Crippen LogP contribution < -0.4 is 4.72 Å². The third kappa shape index (κ3) is 5.04.